The molecule has 4 rings (SSSR count). The van der Waals surface area contributed by atoms with Crippen molar-refractivity contribution in [3.63, 3.8) is 0 Å². The third-order valence-corrected chi connectivity index (χ3v) is 5.32. The summed E-state index contributed by atoms with van der Waals surface area (Å²) < 4.78 is 10.7. The van der Waals surface area contributed by atoms with E-state index in [1.54, 1.807) is 0 Å². The molecule has 0 aromatic heterocycles. The molecule has 0 bridgehead atoms. The van der Waals surface area contributed by atoms with Gasteiger partial charge < -0.3 is 19.9 Å². The fraction of sp³-hybridized carbons (Fsp3) is 0.333. The van der Waals surface area contributed by atoms with Crippen molar-refractivity contribution in [2.45, 2.75) is 18.4 Å². The van der Waals surface area contributed by atoms with Crippen molar-refractivity contribution in [2.24, 2.45) is 5.92 Å². The molecule has 1 fully saturated rings. The largest absolute Gasteiger partial charge is 0.480 e. The highest BCUT2D eigenvalue weighted by Crippen LogP contribution is 2.44. The van der Waals surface area contributed by atoms with E-state index in [9.17, 15) is 14.7 Å². The lowest BCUT2D eigenvalue weighted by atomic mass is 9.98. The molecule has 2 N–H and O–H groups in total. The van der Waals surface area contributed by atoms with Crippen molar-refractivity contribution in [2.75, 3.05) is 19.8 Å². The van der Waals surface area contributed by atoms with Gasteiger partial charge in [0.1, 0.15) is 12.6 Å². The van der Waals surface area contributed by atoms with Gasteiger partial charge in [-0.2, -0.15) is 0 Å². The van der Waals surface area contributed by atoms with Gasteiger partial charge in [0.25, 0.3) is 0 Å². The number of hydrogen-bond donors (Lipinski definition) is 2. The van der Waals surface area contributed by atoms with Crippen LogP contribution in [0.5, 0.6) is 0 Å². The lowest BCUT2D eigenvalue weighted by molar-refractivity contribution is -0.140. The molecule has 1 heterocycles. The molecule has 1 aliphatic heterocycles. The average Bonchev–Trinajstić information content (AvgIpc) is 3.31. The van der Waals surface area contributed by atoms with Crippen molar-refractivity contribution < 1.29 is 24.2 Å². The SMILES string of the molecule is O=C(NC(C(=O)O)C1CCOC1)OCC1c2ccccc2-c2ccccc21. The summed E-state index contributed by atoms with van der Waals surface area (Å²) in [5.74, 6) is -1.36. The Bertz CT molecular complexity index is 814. The molecule has 27 heavy (non-hydrogen) atoms. The first kappa shape index (κ1) is 17.5. The van der Waals surface area contributed by atoms with Crippen LogP contribution >= 0.6 is 0 Å². The number of carboxylic acids is 1. The number of rotatable bonds is 5. The predicted octanol–water partition coefficient (Wildman–Crippen LogP) is 3.01. The van der Waals surface area contributed by atoms with Gasteiger partial charge >= 0.3 is 12.1 Å². The molecule has 1 aliphatic carbocycles. The van der Waals surface area contributed by atoms with E-state index in [1.165, 1.54) is 0 Å². The van der Waals surface area contributed by atoms with Crippen molar-refractivity contribution in [3.8, 4) is 11.1 Å². The summed E-state index contributed by atoms with van der Waals surface area (Å²) in [7, 11) is 0. The number of alkyl carbamates (subject to hydrolysis) is 1. The Kier molecular flexibility index (Phi) is 4.81. The number of amides is 1. The molecule has 2 aliphatic rings. The molecule has 2 aromatic rings. The Morgan fingerprint density at radius 3 is 2.30 bits per heavy atom. The molecule has 1 saturated heterocycles. The van der Waals surface area contributed by atoms with Crippen molar-refractivity contribution in [1.82, 2.24) is 5.32 Å². The van der Waals surface area contributed by atoms with Crippen LogP contribution in [-0.4, -0.2) is 43.0 Å². The van der Waals surface area contributed by atoms with E-state index in [-0.39, 0.29) is 18.4 Å². The molecule has 140 valence electrons. The lowest BCUT2D eigenvalue weighted by Gasteiger charge is -2.20. The minimum Gasteiger partial charge on any atom is -0.480 e. The second kappa shape index (κ2) is 7.40. The number of carbonyl (C=O) groups excluding carboxylic acids is 1. The molecule has 0 saturated carbocycles. The Morgan fingerprint density at radius 1 is 1.11 bits per heavy atom. The van der Waals surface area contributed by atoms with Crippen LogP contribution in [0, 0.1) is 5.92 Å². The smallest absolute Gasteiger partial charge is 0.407 e. The number of carboxylic acid groups (broad SMARTS) is 1. The zero-order valence-corrected chi connectivity index (χ0v) is 14.8. The fourth-order valence-electron chi connectivity index (χ4n) is 3.96. The van der Waals surface area contributed by atoms with Crippen LogP contribution in [0.25, 0.3) is 11.1 Å². The molecule has 0 radical (unpaired) electrons. The summed E-state index contributed by atoms with van der Waals surface area (Å²) >= 11 is 0. The normalized spacial score (nSPS) is 19.2. The standard InChI is InChI=1S/C21H21NO5/c23-20(24)19(13-9-10-26-11-13)22-21(25)27-12-18-16-7-3-1-5-14(16)15-6-2-4-8-17(15)18/h1-8,13,18-19H,9-12H2,(H,22,25)(H,23,24). The van der Waals surface area contributed by atoms with Crippen LogP contribution in [0.15, 0.2) is 48.5 Å². The summed E-state index contributed by atoms with van der Waals surface area (Å²) in [6.45, 7) is 1.01. The van der Waals surface area contributed by atoms with E-state index >= 15 is 0 Å². The van der Waals surface area contributed by atoms with Crippen LogP contribution < -0.4 is 5.32 Å². The molecule has 6 nitrogen and oxygen atoms in total. The first-order valence-corrected chi connectivity index (χ1v) is 9.07. The maximum atomic E-state index is 12.3. The van der Waals surface area contributed by atoms with Gasteiger partial charge in [-0.3, -0.25) is 0 Å². The number of fused-ring (bicyclic) bond motifs is 3. The number of nitrogens with one attached hydrogen (secondary N) is 1. The summed E-state index contributed by atoms with van der Waals surface area (Å²) in [6.07, 6.45) is -0.100. The molecular weight excluding hydrogens is 346 g/mol. The summed E-state index contributed by atoms with van der Waals surface area (Å²) in [5.41, 5.74) is 4.53. The maximum Gasteiger partial charge on any atom is 0.407 e. The van der Waals surface area contributed by atoms with Crippen LogP contribution in [-0.2, 0) is 14.3 Å². The van der Waals surface area contributed by atoms with Gasteiger partial charge in [-0.15, -0.1) is 0 Å². The summed E-state index contributed by atoms with van der Waals surface area (Å²) in [5, 5.41) is 11.9. The molecule has 2 unspecified atom stereocenters. The summed E-state index contributed by atoms with van der Waals surface area (Å²) in [6, 6.07) is 15.1. The van der Waals surface area contributed by atoms with E-state index in [1.807, 2.05) is 36.4 Å². The number of aliphatic carboxylic acids is 1. The lowest BCUT2D eigenvalue weighted by Crippen LogP contribution is -2.46. The van der Waals surface area contributed by atoms with Crippen LogP contribution in [0.4, 0.5) is 4.79 Å². The van der Waals surface area contributed by atoms with E-state index in [0.717, 1.165) is 22.3 Å². The van der Waals surface area contributed by atoms with Gasteiger partial charge in [0.05, 0.1) is 6.61 Å². The van der Waals surface area contributed by atoms with E-state index in [2.05, 4.69) is 17.4 Å². The third kappa shape index (κ3) is 3.40. The highest BCUT2D eigenvalue weighted by Gasteiger charge is 2.34. The number of benzene rings is 2. The van der Waals surface area contributed by atoms with Crippen LogP contribution in [0.2, 0.25) is 0 Å². The van der Waals surface area contributed by atoms with Crippen LogP contribution in [0.1, 0.15) is 23.5 Å². The first-order chi connectivity index (χ1) is 13.1. The Morgan fingerprint density at radius 2 is 1.74 bits per heavy atom. The highest BCUT2D eigenvalue weighted by atomic mass is 16.5. The zero-order valence-electron chi connectivity index (χ0n) is 14.8. The van der Waals surface area contributed by atoms with Crippen molar-refractivity contribution in [3.05, 3.63) is 59.7 Å². The highest BCUT2D eigenvalue weighted by molar-refractivity contribution is 5.81. The number of ether oxygens (including phenoxy) is 2. The van der Waals surface area contributed by atoms with Crippen LogP contribution in [0.3, 0.4) is 0 Å². The molecule has 2 aromatic carbocycles. The summed E-state index contributed by atoms with van der Waals surface area (Å²) in [4.78, 5) is 23.7. The van der Waals surface area contributed by atoms with E-state index in [0.29, 0.717) is 19.6 Å². The first-order valence-electron chi connectivity index (χ1n) is 9.07. The van der Waals surface area contributed by atoms with E-state index < -0.39 is 18.1 Å². The van der Waals surface area contributed by atoms with Gasteiger partial charge in [-0.25, -0.2) is 9.59 Å². The van der Waals surface area contributed by atoms with E-state index in [4.69, 9.17) is 9.47 Å². The Labute approximate surface area is 157 Å². The van der Waals surface area contributed by atoms with Gasteiger partial charge in [0.15, 0.2) is 0 Å². The molecule has 1 amide bonds. The Hall–Kier alpha value is -2.86. The number of hydrogen-bond acceptors (Lipinski definition) is 4. The minimum absolute atomic E-state index is 0.0544. The third-order valence-electron chi connectivity index (χ3n) is 5.32. The maximum absolute atomic E-state index is 12.3. The van der Waals surface area contributed by atoms with Gasteiger partial charge in [-0.05, 0) is 28.7 Å². The zero-order chi connectivity index (χ0) is 18.8. The molecule has 6 heteroatoms. The van der Waals surface area contributed by atoms with Gasteiger partial charge in [-0.1, -0.05) is 48.5 Å². The van der Waals surface area contributed by atoms with Gasteiger partial charge in [0.2, 0.25) is 0 Å². The quantitative estimate of drug-likeness (QED) is 0.849. The fourth-order valence-corrected chi connectivity index (χ4v) is 3.96. The van der Waals surface area contributed by atoms with Crippen molar-refractivity contribution >= 4 is 12.1 Å². The van der Waals surface area contributed by atoms with Gasteiger partial charge in [0, 0.05) is 18.4 Å². The number of carbonyl (C=O) groups is 2. The average molecular weight is 367 g/mol. The minimum atomic E-state index is -1.07. The predicted molar refractivity (Wildman–Crippen MR) is 98.6 cm³/mol. The topological polar surface area (TPSA) is 84.9 Å². The molecule has 2 atom stereocenters. The second-order valence-electron chi connectivity index (χ2n) is 6.91. The molecule has 0 spiro atoms. The molecular formula is C21H21NO5. The van der Waals surface area contributed by atoms with Crippen molar-refractivity contribution in [1.29, 1.82) is 0 Å². The monoisotopic (exact) mass is 367 g/mol. The second-order valence-corrected chi connectivity index (χ2v) is 6.91. The Balaban J connectivity index is 1.45.